The van der Waals surface area contributed by atoms with Gasteiger partial charge in [0.15, 0.2) is 5.60 Å². The number of para-hydroxylation sites is 1. The number of hydrogen-bond donors (Lipinski definition) is 6. The fraction of sp³-hybridized carbons (Fsp3) is 0.500. The average Bonchev–Trinajstić information content (AvgIpc) is 3.39. The predicted octanol–water partition coefficient (Wildman–Crippen LogP) is 3.07. The summed E-state index contributed by atoms with van der Waals surface area (Å²) < 4.78 is 36.6. The van der Waals surface area contributed by atoms with Crippen LogP contribution in [0.3, 0.4) is 0 Å². The molecule has 4 bridgehead atoms. The Morgan fingerprint density at radius 2 is 1.64 bits per heavy atom. The maximum absolute atomic E-state index is 13.8. The van der Waals surface area contributed by atoms with E-state index in [4.69, 9.17) is 4.74 Å². The second-order valence-corrected chi connectivity index (χ2v) is 14.4. The highest BCUT2D eigenvalue weighted by atomic mass is 32.2. The lowest BCUT2D eigenvalue weighted by Crippen LogP contribution is -2.59. The molecule has 1 aromatic heterocycles. The maximum Gasteiger partial charge on any atom is 0.422 e. The molecule has 4 saturated carbocycles. The third-order valence-electron chi connectivity index (χ3n) is 9.77. The van der Waals surface area contributed by atoms with Crippen LogP contribution in [0.25, 0.3) is 10.9 Å². The van der Waals surface area contributed by atoms with Gasteiger partial charge in [-0.15, -0.1) is 0 Å². The normalized spacial score (nSPS) is 26.9. The second kappa shape index (κ2) is 12.2. The number of benzene rings is 2. The van der Waals surface area contributed by atoms with Crippen LogP contribution >= 0.6 is 0 Å². The standard InChI is InChI=1S/C32H40N4O7S/c1-32(16-24-17-33-26-10-6-5-9-25(24)26,30(39)34-27(18-37)29(38)21-7-3-2-4-8-21)43-31(40)36-44(41,42)35-28-22-12-19-11-20(14-22)15-23(28)13-19/h2-10,17,19-20,22-23,27-29,33,35,37-38H,11-16,18H2,1H3,(H,34,39)(H,36,40). The molecule has 4 aliphatic rings. The Morgan fingerprint density at radius 3 is 2.30 bits per heavy atom. The lowest BCUT2D eigenvalue weighted by molar-refractivity contribution is -0.140. The lowest BCUT2D eigenvalue weighted by atomic mass is 9.54. The first-order chi connectivity index (χ1) is 21.0. The lowest BCUT2D eigenvalue weighted by Gasteiger charge is -2.54. The first-order valence-corrected chi connectivity index (χ1v) is 16.7. The van der Waals surface area contributed by atoms with Crippen molar-refractivity contribution in [3.05, 3.63) is 71.9 Å². The minimum atomic E-state index is -4.29. The number of aliphatic hydroxyl groups is 2. The van der Waals surface area contributed by atoms with Gasteiger partial charge in [0, 0.05) is 29.6 Å². The average molecular weight is 625 g/mol. The Balaban J connectivity index is 1.19. The van der Waals surface area contributed by atoms with E-state index in [1.54, 1.807) is 36.5 Å². The van der Waals surface area contributed by atoms with Crippen LogP contribution in [0.2, 0.25) is 0 Å². The van der Waals surface area contributed by atoms with Gasteiger partial charge in [0.1, 0.15) is 6.10 Å². The predicted molar refractivity (Wildman–Crippen MR) is 163 cm³/mol. The first kappa shape index (κ1) is 30.6. The minimum absolute atomic E-state index is 0.112. The minimum Gasteiger partial charge on any atom is -0.432 e. The largest absolute Gasteiger partial charge is 0.432 e. The highest BCUT2D eigenvalue weighted by molar-refractivity contribution is 7.88. The molecule has 6 N–H and O–H groups in total. The van der Waals surface area contributed by atoms with Crippen molar-refractivity contribution in [3.63, 3.8) is 0 Å². The Morgan fingerprint density at radius 1 is 1.00 bits per heavy atom. The number of carbonyl (C=O) groups is 2. The van der Waals surface area contributed by atoms with Gasteiger partial charge in [-0.3, -0.25) is 4.79 Å². The summed E-state index contributed by atoms with van der Waals surface area (Å²) in [4.78, 5) is 30.1. The molecule has 7 rings (SSSR count). The number of aromatic amines is 1. The van der Waals surface area contributed by atoms with Crippen molar-refractivity contribution in [2.45, 2.75) is 69.2 Å². The van der Waals surface area contributed by atoms with E-state index in [1.165, 1.54) is 13.3 Å². The van der Waals surface area contributed by atoms with E-state index < -0.39 is 46.6 Å². The van der Waals surface area contributed by atoms with Crippen LogP contribution in [0.15, 0.2) is 60.8 Å². The van der Waals surface area contributed by atoms with Gasteiger partial charge in [-0.05, 0) is 79.9 Å². The third kappa shape index (κ3) is 6.35. The highest BCUT2D eigenvalue weighted by Gasteiger charge is 2.49. The van der Waals surface area contributed by atoms with Crippen molar-refractivity contribution < 1.29 is 33.0 Å². The number of carbonyl (C=O) groups excluding carboxylic acids is 2. The van der Waals surface area contributed by atoms with Crippen LogP contribution in [-0.4, -0.2) is 59.9 Å². The molecule has 0 saturated heterocycles. The van der Waals surface area contributed by atoms with E-state index in [1.807, 2.05) is 29.0 Å². The quantitative estimate of drug-likeness (QED) is 0.190. The monoisotopic (exact) mass is 624 g/mol. The molecular formula is C32H40N4O7S. The fourth-order valence-electron chi connectivity index (χ4n) is 7.89. The molecule has 236 valence electrons. The Labute approximate surface area is 257 Å². The van der Waals surface area contributed by atoms with Crippen molar-refractivity contribution in [2.24, 2.45) is 23.7 Å². The summed E-state index contributed by atoms with van der Waals surface area (Å²) in [5, 5.41) is 24.4. The van der Waals surface area contributed by atoms with E-state index >= 15 is 0 Å². The molecule has 3 unspecified atom stereocenters. The molecule has 11 nitrogen and oxygen atoms in total. The first-order valence-electron chi connectivity index (χ1n) is 15.3. The summed E-state index contributed by atoms with van der Waals surface area (Å²) in [5.74, 6) is 1.01. The molecule has 44 heavy (non-hydrogen) atoms. The summed E-state index contributed by atoms with van der Waals surface area (Å²) in [7, 11) is -4.29. The van der Waals surface area contributed by atoms with Crippen LogP contribution < -0.4 is 14.8 Å². The molecule has 0 aliphatic heterocycles. The van der Waals surface area contributed by atoms with E-state index in [0.717, 1.165) is 36.6 Å². The number of nitrogens with one attached hydrogen (secondary N) is 4. The van der Waals surface area contributed by atoms with Gasteiger partial charge in [0.2, 0.25) is 0 Å². The molecule has 2 amide bonds. The molecule has 0 spiro atoms. The van der Waals surface area contributed by atoms with Gasteiger partial charge in [0.25, 0.3) is 5.91 Å². The number of fused-ring (bicyclic) bond motifs is 1. The number of aliphatic hydroxyl groups excluding tert-OH is 2. The van der Waals surface area contributed by atoms with Crippen LogP contribution in [0, 0.1) is 23.7 Å². The topological polar surface area (TPSA) is 170 Å². The number of H-pyrrole nitrogens is 1. The summed E-state index contributed by atoms with van der Waals surface area (Å²) in [6, 6.07) is 14.6. The Kier molecular flexibility index (Phi) is 8.44. The van der Waals surface area contributed by atoms with Crippen molar-refractivity contribution in [3.8, 4) is 0 Å². The van der Waals surface area contributed by atoms with Crippen LogP contribution in [0.1, 0.15) is 56.3 Å². The van der Waals surface area contributed by atoms with Crippen molar-refractivity contribution in [2.75, 3.05) is 6.61 Å². The molecule has 4 aliphatic carbocycles. The molecule has 12 heteroatoms. The molecule has 4 fully saturated rings. The zero-order valence-electron chi connectivity index (χ0n) is 24.6. The van der Waals surface area contributed by atoms with Gasteiger partial charge < -0.3 is 25.3 Å². The zero-order valence-corrected chi connectivity index (χ0v) is 25.4. The van der Waals surface area contributed by atoms with Crippen molar-refractivity contribution in [1.82, 2.24) is 19.7 Å². The van der Waals surface area contributed by atoms with Gasteiger partial charge >= 0.3 is 16.3 Å². The van der Waals surface area contributed by atoms with Crippen LogP contribution in [0.4, 0.5) is 4.79 Å². The summed E-state index contributed by atoms with van der Waals surface area (Å²) in [6.45, 7) is 0.784. The molecule has 2 aromatic carbocycles. The van der Waals surface area contributed by atoms with Gasteiger partial charge in [-0.25, -0.2) is 9.52 Å². The summed E-state index contributed by atoms with van der Waals surface area (Å²) in [5.41, 5.74) is 0.0253. The smallest absolute Gasteiger partial charge is 0.422 e. The third-order valence-corrected chi connectivity index (χ3v) is 10.8. The highest BCUT2D eigenvalue weighted by Crippen LogP contribution is 2.53. The van der Waals surface area contributed by atoms with Crippen molar-refractivity contribution >= 4 is 33.1 Å². The Bertz CT molecular complexity index is 1580. The molecule has 3 atom stereocenters. The van der Waals surface area contributed by atoms with E-state index in [0.29, 0.717) is 23.0 Å². The molecule has 3 aromatic rings. The number of rotatable bonds is 11. The summed E-state index contributed by atoms with van der Waals surface area (Å²) >= 11 is 0. The molecular weight excluding hydrogens is 584 g/mol. The number of ether oxygens (including phenoxy) is 1. The van der Waals surface area contributed by atoms with Gasteiger partial charge in [-0.1, -0.05) is 48.5 Å². The fourth-order valence-corrected chi connectivity index (χ4v) is 8.96. The molecule has 1 heterocycles. The SMILES string of the molecule is CC(Cc1c[nH]c2ccccc12)(OC(=O)NS(=O)(=O)NC1C2CC3CC(C2)CC1C3)C(=O)NC(CO)C(O)c1ccccc1. The summed E-state index contributed by atoms with van der Waals surface area (Å²) in [6.07, 6.45) is 4.24. The van der Waals surface area contributed by atoms with Crippen LogP contribution in [0.5, 0.6) is 0 Å². The van der Waals surface area contributed by atoms with Gasteiger partial charge in [-0.2, -0.15) is 13.1 Å². The van der Waals surface area contributed by atoms with E-state index in [9.17, 15) is 28.2 Å². The second-order valence-electron chi connectivity index (χ2n) is 13.0. The number of aromatic nitrogens is 1. The molecule has 0 radical (unpaired) electrons. The number of amides is 2. The maximum atomic E-state index is 13.8. The number of hydrogen-bond acceptors (Lipinski definition) is 7. The Hall–Kier alpha value is -3.45. The van der Waals surface area contributed by atoms with E-state index in [2.05, 4.69) is 15.0 Å². The van der Waals surface area contributed by atoms with E-state index in [-0.39, 0.29) is 24.3 Å². The van der Waals surface area contributed by atoms with Gasteiger partial charge in [0.05, 0.1) is 12.6 Å². The van der Waals surface area contributed by atoms with Crippen LogP contribution in [-0.2, 0) is 26.2 Å². The zero-order chi connectivity index (χ0) is 31.1. The van der Waals surface area contributed by atoms with Crippen molar-refractivity contribution in [1.29, 1.82) is 0 Å².